The van der Waals surface area contributed by atoms with Crippen LogP contribution in [0, 0.1) is 19.7 Å². The Morgan fingerprint density at radius 3 is 2.47 bits per heavy atom. The summed E-state index contributed by atoms with van der Waals surface area (Å²) in [4.78, 5) is 0. The second kappa shape index (κ2) is 5.85. The van der Waals surface area contributed by atoms with Crippen molar-refractivity contribution in [3.8, 4) is 5.75 Å². The molecule has 0 bridgehead atoms. The molecule has 3 heteroatoms. The van der Waals surface area contributed by atoms with Gasteiger partial charge in [0.2, 0.25) is 0 Å². The first-order valence-electron chi connectivity index (χ1n) is 6.20. The third kappa shape index (κ3) is 3.55. The molecule has 0 aromatic heterocycles. The number of aliphatic hydroxyl groups excluding tert-OH is 1. The molecule has 2 nitrogen and oxygen atoms in total. The van der Waals surface area contributed by atoms with E-state index >= 15 is 0 Å². The van der Waals surface area contributed by atoms with Crippen molar-refractivity contribution in [3.63, 3.8) is 0 Å². The lowest BCUT2D eigenvalue weighted by atomic mass is 10.0. The molecule has 2 rings (SSSR count). The van der Waals surface area contributed by atoms with E-state index < -0.39 is 6.10 Å². The summed E-state index contributed by atoms with van der Waals surface area (Å²) in [6, 6.07) is 11.7. The second-order valence-corrected chi connectivity index (χ2v) is 4.64. The molecule has 0 aliphatic heterocycles. The van der Waals surface area contributed by atoms with Crippen molar-refractivity contribution in [2.75, 3.05) is 6.61 Å². The van der Waals surface area contributed by atoms with Gasteiger partial charge < -0.3 is 9.84 Å². The third-order valence-electron chi connectivity index (χ3n) is 3.02. The summed E-state index contributed by atoms with van der Waals surface area (Å²) in [5.41, 5.74) is 2.99. The predicted octanol–water partition coefficient (Wildman–Crippen LogP) is 3.55. The summed E-state index contributed by atoms with van der Waals surface area (Å²) >= 11 is 0. The van der Waals surface area contributed by atoms with Gasteiger partial charge in [-0.1, -0.05) is 23.8 Å². The molecular weight excluding hydrogens is 243 g/mol. The molecule has 2 aromatic rings. The van der Waals surface area contributed by atoms with E-state index in [2.05, 4.69) is 0 Å². The largest absolute Gasteiger partial charge is 0.491 e. The predicted molar refractivity (Wildman–Crippen MR) is 72.8 cm³/mol. The average molecular weight is 260 g/mol. The number of ether oxygens (including phenoxy) is 1. The van der Waals surface area contributed by atoms with Crippen LogP contribution in [0.3, 0.4) is 0 Å². The first-order chi connectivity index (χ1) is 9.06. The highest BCUT2D eigenvalue weighted by Crippen LogP contribution is 2.21. The van der Waals surface area contributed by atoms with Crippen LogP contribution < -0.4 is 4.74 Å². The molecule has 0 fully saturated rings. The Bertz CT molecular complexity index is 549. The molecule has 0 aliphatic carbocycles. The molecule has 1 atom stereocenters. The molecule has 0 radical (unpaired) electrons. The van der Waals surface area contributed by atoms with Crippen LogP contribution in [0.15, 0.2) is 42.5 Å². The quantitative estimate of drug-likeness (QED) is 0.910. The fourth-order valence-corrected chi connectivity index (χ4v) is 1.91. The summed E-state index contributed by atoms with van der Waals surface area (Å²) in [6.07, 6.45) is -0.690. The molecule has 0 saturated heterocycles. The van der Waals surface area contributed by atoms with Crippen molar-refractivity contribution < 1.29 is 14.2 Å². The van der Waals surface area contributed by atoms with Gasteiger partial charge in [-0.2, -0.15) is 0 Å². The fraction of sp³-hybridized carbons (Fsp3) is 0.250. The molecule has 2 aromatic carbocycles. The van der Waals surface area contributed by atoms with Crippen molar-refractivity contribution in [2.45, 2.75) is 20.0 Å². The lowest BCUT2D eigenvalue weighted by Crippen LogP contribution is -2.11. The Kier molecular flexibility index (Phi) is 4.17. The zero-order chi connectivity index (χ0) is 13.8. The summed E-state index contributed by atoms with van der Waals surface area (Å²) in [6.45, 7) is 4.09. The van der Waals surface area contributed by atoms with E-state index in [4.69, 9.17) is 4.74 Å². The van der Waals surface area contributed by atoms with Gasteiger partial charge in [0.1, 0.15) is 24.3 Å². The van der Waals surface area contributed by atoms with Crippen LogP contribution in [0.5, 0.6) is 5.75 Å². The number of benzene rings is 2. The van der Waals surface area contributed by atoms with Crippen LogP contribution in [-0.2, 0) is 0 Å². The zero-order valence-electron chi connectivity index (χ0n) is 11.1. The summed E-state index contributed by atoms with van der Waals surface area (Å²) in [5.74, 6) is 0.244. The van der Waals surface area contributed by atoms with Crippen molar-refractivity contribution in [1.82, 2.24) is 0 Å². The molecule has 0 spiro atoms. The maximum Gasteiger partial charge on any atom is 0.123 e. The maximum atomic E-state index is 12.7. The van der Waals surface area contributed by atoms with E-state index in [9.17, 15) is 9.50 Å². The van der Waals surface area contributed by atoms with Crippen LogP contribution in [0.1, 0.15) is 22.8 Å². The standard InChI is InChI=1S/C16H17FO2/c1-11-3-4-12(2)15(9-11)16(18)10-19-14-7-5-13(17)6-8-14/h3-9,16,18H,10H2,1-2H3. The highest BCUT2D eigenvalue weighted by Gasteiger charge is 2.11. The van der Waals surface area contributed by atoms with Crippen LogP contribution in [0.4, 0.5) is 4.39 Å². The van der Waals surface area contributed by atoms with E-state index in [1.165, 1.54) is 12.1 Å². The Labute approximate surface area is 112 Å². The highest BCUT2D eigenvalue weighted by molar-refractivity contribution is 5.32. The summed E-state index contributed by atoms with van der Waals surface area (Å²) in [5, 5.41) is 10.1. The first kappa shape index (κ1) is 13.6. The van der Waals surface area contributed by atoms with Crippen molar-refractivity contribution in [2.24, 2.45) is 0 Å². The monoisotopic (exact) mass is 260 g/mol. The van der Waals surface area contributed by atoms with Gasteiger partial charge in [-0.3, -0.25) is 0 Å². The lowest BCUT2D eigenvalue weighted by Gasteiger charge is -2.15. The SMILES string of the molecule is Cc1ccc(C)c(C(O)COc2ccc(F)cc2)c1. The number of hydrogen-bond acceptors (Lipinski definition) is 2. The molecule has 19 heavy (non-hydrogen) atoms. The van der Waals surface area contributed by atoms with Gasteiger partial charge in [-0.05, 0) is 49.2 Å². The Balaban J connectivity index is 2.03. The molecule has 0 aliphatic rings. The molecule has 100 valence electrons. The minimum atomic E-state index is -0.690. The topological polar surface area (TPSA) is 29.5 Å². The number of halogens is 1. The average Bonchev–Trinajstić information content (AvgIpc) is 2.40. The maximum absolute atomic E-state index is 12.7. The molecule has 1 unspecified atom stereocenters. The summed E-state index contributed by atoms with van der Waals surface area (Å²) in [7, 11) is 0. The van der Waals surface area contributed by atoms with Crippen molar-refractivity contribution >= 4 is 0 Å². The van der Waals surface area contributed by atoms with Crippen LogP contribution in [-0.4, -0.2) is 11.7 Å². The normalized spacial score (nSPS) is 12.2. The molecule has 1 N–H and O–H groups in total. The van der Waals surface area contributed by atoms with E-state index in [1.54, 1.807) is 12.1 Å². The fourth-order valence-electron chi connectivity index (χ4n) is 1.91. The van der Waals surface area contributed by atoms with E-state index in [0.717, 1.165) is 16.7 Å². The first-order valence-corrected chi connectivity index (χ1v) is 6.20. The van der Waals surface area contributed by atoms with Gasteiger partial charge in [-0.25, -0.2) is 4.39 Å². The van der Waals surface area contributed by atoms with E-state index in [-0.39, 0.29) is 12.4 Å². The Morgan fingerprint density at radius 1 is 1.11 bits per heavy atom. The van der Waals surface area contributed by atoms with Gasteiger partial charge in [-0.15, -0.1) is 0 Å². The molecule has 0 amide bonds. The molecule has 0 saturated carbocycles. The van der Waals surface area contributed by atoms with Crippen LogP contribution in [0.2, 0.25) is 0 Å². The van der Waals surface area contributed by atoms with Crippen molar-refractivity contribution in [1.29, 1.82) is 0 Å². The Hall–Kier alpha value is -1.87. The minimum absolute atomic E-state index is 0.149. The number of rotatable bonds is 4. The van der Waals surface area contributed by atoms with Crippen LogP contribution in [0.25, 0.3) is 0 Å². The zero-order valence-corrected chi connectivity index (χ0v) is 11.1. The number of aryl methyl sites for hydroxylation is 2. The minimum Gasteiger partial charge on any atom is -0.491 e. The smallest absolute Gasteiger partial charge is 0.123 e. The number of hydrogen-bond donors (Lipinski definition) is 1. The van der Waals surface area contributed by atoms with Gasteiger partial charge in [0.25, 0.3) is 0 Å². The number of aliphatic hydroxyl groups is 1. The Morgan fingerprint density at radius 2 is 1.79 bits per heavy atom. The van der Waals surface area contributed by atoms with Crippen LogP contribution >= 0.6 is 0 Å². The molecule has 0 heterocycles. The van der Waals surface area contributed by atoms with Gasteiger partial charge in [0, 0.05) is 0 Å². The third-order valence-corrected chi connectivity index (χ3v) is 3.02. The second-order valence-electron chi connectivity index (χ2n) is 4.64. The van der Waals surface area contributed by atoms with Crippen molar-refractivity contribution in [3.05, 3.63) is 65.0 Å². The summed E-state index contributed by atoms with van der Waals surface area (Å²) < 4.78 is 18.2. The van der Waals surface area contributed by atoms with Gasteiger partial charge in [0.15, 0.2) is 0 Å². The van der Waals surface area contributed by atoms with E-state index in [0.29, 0.717) is 5.75 Å². The van der Waals surface area contributed by atoms with Gasteiger partial charge >= 0.3 is 0 Å². The highest BCUT2D eigenvalue weighted by atomic mass is 19.1. The molecular formula is C16H17FO2. The van der Waals surface area contributed by atoms with E-state index in [1.807, 2.05) is 32.0 Å². The van der Waals surface area contributed by atoms with Gasteiger partial charge in [0.05, 0.1) is 0 Å². The lowest BCUT2D eigenvalue weighted by molar-refractivity contribution is 0.107.